The Hall–Kier alpha value is -1.42. The Bertz CT molecular complexity index is 552. The molecule has 1 saturated carbocycles. The fourth-order valence-corrected chi connectivity index (χ4v) is 3.25. The van der Waals surface area contributed by atoms with Gasteiger partial charge in [-0.2, -0.15) is 0 Å². The van der Waals surface area contributed by atoms with Crippen LogP contribution < -0.4 is 5.73 Å². The minimum atomic E-state index is 0.134. The van der Waals surface area contributed by atoms with E-state index in [1.807, 2.05) is 13.1 Å². The summed E-state index contributed by atoms with van der Waals surface area (Å²) >= 11 is 0. The van der Waals surface area contributed by atoms with Gasteiger partial charge in [0.2, 0.25) is 0 Å². The molecule has 0 amide bonds. The normalized spacial score (nSPS) is 19.2. The largest absolute Gasteiger partial charge is 0.346 e. The fourth-order valence-electron chi connectivity index (χ4n) is 3.25. The van der Waals surface area contributed by atoms with Crippen LogP contribution in [-0.2, 0) is 5.41 Å². The van der Waals surface area contributed by atoms with Crippen molar-refractivity contribution < 1.29 is 0 Å². The van der Waals surface area contributed by atoms with E-state index in [0.717, 1.165) is 16.9 Å². The first-order chi connectivity index (χ1) is 8.75. The number of aromatic nitrogens is 3. The highest BCUT2D eigenvalue weighted by Crippen LogP contribution is 2.41. The molecule has 0 atom stereocenters. The average Bonchev–Trinajstić information content (AvgIpc) is 2.83. The Morgan fingerprint density at radius 3 is 2.83 bits per heavy atom. The van der Waals surface area contributed by atoms with E-state index in [2.05, 4.69) is 21.1 Å². The standard InChI is InChI=1S/C14H20N4/c1-10-16-7-11-12(8-17-13(11)18-10)14(9-15)5-3-2-4-6-14/h7-8H,2-6,9,15H2,1H3,(H,16,17,18). The Morgan fingerprint density at radius 1 is 1.33 bits per heavy atom. The van der Waals surface area contributed by atoms with Gasteiger partial charge in [-0.15, -0.1) is 0 Å². The number of nitrogens with two attached hydrogens (primary N) is 1. The lowest BCUT2D eigenvalue weighted by molar-refractivity contribution is 0.303. The van der Waals surface area contributed by atoms with E-state index in [0.29, 0.717) is 6.54 Å². The van der Waals surface area contributed by atoms with Crippen LogP contribution in [0.2, 0.25) is 0 Å². The molecule has 4 nitrogen and oxygen atoms in total. The summed E-state index contributed by atoms with van der Waals surface area (Å²) in [4.78, 5) is 12.1. The van der Waals surface area contributed by atoms with Gasteiger partial charge >= 0.3 is 0 Å². The van der Waals surface area contributed by atoms with Gasteiger partial charge in [0.05, 0.1) is 0 Å². The second-order valence-electron chi connectivity index (χ2n) is 5.43. The number of nitrogens with one attached hydrogen (secondary N) is 1. The molecule has 1 aliphatic carbocycles. The molecule has 1 fully saturated rings. The van der Waals surface area contributed by atoms with Crippen LogP contribution in [0.25, 0.3) is 11.0 Å². The lowest BCUT2D eigenvalue weighted by atomic mass is 9.69. The van der Waals surface area contributed by atoms with E-state index >= 15 is 0 Å². The molecule has 4 heteroatoms. The first kappa shape index (κ1) is 11.7. The molecule has 0 unspecified atom stereocenters. The maximum atomic E-state index is 6.10. The van der Waals surface area contributed by atoms with Crippen LogP contribution >= 0.6 is 0 Å². The van der Waals surface area contributed by atoms with Crippen molar-refractivity contribution >= 4 is 11.0 Å². The predicted molar refractivity (Wildman–Crippen MR) is 72.4 cm³/mol. The summed E-state index contributed by atoms with van der Waals surface area (Å²) < 4.78 is 0. The van der Waals surface area contributed by atoms with E-state index in [4.69, 9.17) is 5.73 Å². The van der Waals surface area contributed by atoms with Gasteiger partial charge in [0, 0.05) is 29.7 Å². The van der Waals surface area contributed by atoms with Gasteiger partial charge in [0.1, 0.15) is 11.5 Å². The summed E-state index contributed by atoms with van der Waals surface area (Å²) in [6.07, 6.45) is 10.3. The molecule has 1 aliphatic rings. The van der Waals surface area contributed by atoms with Crippen molar-refractivity contribution in [2.75, 3.05) is 6.54 Å². The van der Waals surface area contributed by atoms with Crippen molar-refractivity contribution in [3.05, 3.63) is 23.8 Å². The zero-order valence-electron chi connectivity index (χ0n) is 10.9. The van der Waals surface area contributed by atoms with Gasteiger partial charge < -0.3 is 10.7 Å². The molecule has 18 heavy (non-hydrogen) atoms. The van der Waals surface area contributed by atoms with Crippen LogP contribution in [0.3, 0.4) is 0 Å². The topological polar surface area (TPSA) is 67.6 Å². The van der Waals surface area contributed by atoms with Crippen molar-refractivity contribution in [1.82, 2.24) is 15.0 Å². The third-order valence-electron chi connectivity index (χ3n) is 4.33. The monoisotopic (exact) mass is 244 g/mol. The van der Waals surface area contributed by atoms with Gasteiger partial charge in [0.15, 0.2) is 0 Å². The zero-order chi connectivity index (χ0) is 12.6. The molecule has 0 aromatic carbocycles. The zero-order valence-corrected chi connectivity index (χ0v) is 10.9. The van der Waals surface area contributed by atoms with E-state index in [9.17, 15) is 0 Å². The first-order valence-corrected chi connectivity index (χ1v) is 6.76. The molecule has 2 heterocycles. The highest BCUT2D eigenvalue weighted by molar-refractivity contribution is 5.80. The molecule has 96 valence electrons. The smallest absolute Gasteiger partial charge is 0.141 e. The second-order valence-corrected chi connectivity index (χ2v) is 5.43. The Morgan fingerprint density at radius 2 is 2.11 bits per heavy atom. The van der Waals surface area contributed by atoms with Crippen molar-refractivity contribution in [2.24, 2.45) is 5.73 Å². The molecule has 0 spiro atoms. The van der Waals surface area contributed by atoms with Gasteiger partial charge in [0.25, 0.3) is 0 Å². The van der Waals surface area contributed by atoms with Crippen molar-refractivity contribution in [3.63, 3.8) is 0 Å². The van der Waals surface area contributed by atoms with Crippen LogP contribution in [0, 0.1) is 6.92 Å². The minimum Gasteiger partial charge on any atom is -0.346 e. The molecular formula is C14H20N4. The van der Waals surface area contributed by atoms with Crippen LogP contribution in [0.1, 0.15) is 43.5 Å². The van der Waals surface area contributed by atoms with Gasteiger partial charge in [-0.1, -0.05) is 19.3 Å². The van der Waals surface area contributed by atoms with Crippen LogP contribution in [0.15, 0.2) is 12.4 Å². The Balaban J connectivity index is 2.12. The third-order valence-corrected chi connectivity index (χ3v) is 4.33. The number of fused-ring (bicyclic) bond motifs is 1. The Kier molecular flexibility index (Phi) is 2.82. The molecule has 0 saturated heterocycles. The summed E-state index contributed by atoms with van der Waals surface area (Å²) in [6.45, 7) is 2.63. The molecule has 0 radical (unpaired) electrons. The summed E-state index contributed by atoms with van der Waals surface area (Å²) in [5, 5.41) is 1.15. The van der Waals surface area contributed by atoms with Crippen LogP contribution in [0.4, 0.5) is 0 Å². The molecule has 3 rings (SSSR count). The van der Waals surface area contributed by atoms with Crippen molar-refractivity contribution in [3.8, 4) is 0 Å². The molecule has 0 bridgehead atoms. The first-order valence-electron chi connectivity index (χ1n) is 6.76. The molecular weight excluding hydrogens is 224 g/mol. The molecule has 3 N–H and O–H groups in total. The predicted octanol–water partition coefficient (Wildman–Crippen LogP) is 2.43. The number of rotatable bonds is 2. The number of H-pyrrole nitrogens is 1. The molecule has 2 aromatic heterocycles. The lowest BCUT2D eigenvalue weighted by Gasteiger charge is -2.36. The highest BCUT2D eigenvalue weighted by atomic mass is 14.9. The summed E-state index contributed by atoms with van der Waals surface area (Å²) in [6, 6.07) is 0. The minimum absolute atomic E-state index is 0.134. The van der Waals surface area contributed by atoms with Gasteiger partial charge in [-0.25, -0.2) is 9.97 Å². The van der Waals surface area contributed by atoms with Crippen molar-refractivity contribution in [1.29, 1.82) is 0 Å². The van der Waals surface area contributed by atoms with E-state index in [-0.39, 0.29) is 5.41 Å². The third kappa shape index (κ3) is 1.72. The lowest BCUT2D eigenvalue weighted by Crippen LogP contribution is -2.36. The highest BCUT2D eigenvalue weighted by Gasteiger charge is 2.34. The maximum absolute atomic E-state index is 6.10. The van der Waals surface area contributed by atoms with Gasteiger partial charge in [-0.05, 0) is 25.3 Å². The van der Waals surface area contributed by atoms with E-state index in [1.54, 1.807) is 0 Å². The van der Waals surface area contributed by atoms with Gasteiger partial charge in [-0.3, -0.25) is 0 Å². The molecule has 0 aliphatic heterocycles. The maximum Gasteiger partial charge on any atom is 0.141 e. The van der Waals surface area contributed by atoms with Crippen LogP contribution in [-0.4, -0.2) is 21.5 Å². The SMILES string of the molecule is Cc1ncc2c(C3(CN)CCCCC3)c[nH]c2n1. The summed E-state index contributed by atoms with van der Waals surface area (Å²) in [7, 11) is 0. The van der Waals surface area contributed by atoms with Crippen LogP contribution in [0.5, 0.6) is 0 Å². The van der Waals surface area contributed by atoms with Crippen molar-refractivity contribution in [2.45, 2.75) is 44.4 Å². The average molecular weight is 244 g/mol. The number of aryl methyl sites for hydroxylation is 1. The number of aromatic amines is 1. The quantitative estimate of drug-likeness (QED) is 0.852. The number of nitrogens with zero attached hydrogens (tertiary/aromatic N) is 2. The summed E-state index contributed by atoms with van der Waals surface area (Å²) in [5.41, 5.74) is 8.49. The number of hydrogen-bond donors (Lipinski definition) is 2. The van der Waals surface area contributed by atoms with E-state index < -0.39 is 0 Å². The number of hydrogen-bond acceptors (Lipinski definition) is 3. The van der Waals surface area contributed by atoms with E-state index in [1.165, 1.54) is 37.7 Å². The fraction of sp³-hybridized carbons (Fsp3) is 0.571. The second kappa shape index (κ2) is 4.35. The summed E-state index contributed by atoms with van der Waals surface area (Å²) in [5.74, 6) is 0.807. The molecule has 2 aromatic rings. The Labute approximate surface area is 107 Å².